The second-order valence-electron chi connectivity index (χ2n) is 2.28. The number of hydrogen-bond donors (Lipinski definition) is 2. The predicted molar refractivity (Wildman–Crippen MR) is 38.9 cm³/mol. The molecule has 1 rings (SSSR count). The number of aryl methyl sites for hydroxylation is 2. The minimum atomic E-state index is 0.0813. The van der Waals surface area contributed by atoms with Crippen LogP contribution in [0.3, 0.4) is 0 Å². The van der Waals surface area contributed by atoms with Crippen LogP contribution >= 0.6 is 0 Å². The fraction of sp³-hybridized carbons (Fsp3) is 0.429. The van der Waals surface area contributed by atoms with Crippen molar-refractivity contribution >= 4 is 0 Å². The van der Waals surface area contributed by atoms with E-state index in [0.29, 0.717) is 24.4 Å². The average molecular weight is 151 g/mol. The maximum Gasteiger partial charge on any atom is 0.212 e. The first-order valence-corrected chi connectivity index (χ1v) is 3.35. The van der Waals surface area contributed by atoms with Crippen LogP contribution in [0, 0.1) is 18.3 Å². The number of aromatic nitrogens is 2. The summed E-state index contributed by atoms with van der Waals surface area (Å²) in [5, 5.41) is 17.4. The highest BCUT2D eigenvalue weighted by Gasteiger charge is 2.04. The van der Waals surface area contributed by atoms with E-state index in [-0.39, 0.29) is 5.88 Å². The van der Waals surface area contributed by atoms with Crippen LogP contribution in [0.2, 0.25) is 0 Å². The first-order chi connectivity index (χ1) is 5.24. The van der Waals surface area contributed by atoms with Gasteiger partial charge in [-0.15, -0.1) is 0 Å². The molecule has 0 fully saturated rings. The van der Waals surface area contributed by atoms with Crippen LogP contribution in [-0.2, 0) is 6.42 Å². The number of nitriles is 1. The number of H-pyrrole nitrogens is 1. The fourth-order valence-corrected chi connectivity index (χ4v) is 0.875. The van der Waals surface area contributed by atoms with Crippen molar-refractivity contribution in [2.45, 2.75) is 19.8 Å². The zero-order valence-corrected chi connectivity index (χ0v) is 6.26. The second kappa shape index (κ2) is 3.06. The number of aromatic hydroxyl groups is 1. The Hall–Kier alpha value is -1.50. The Kier molecular flexibility index (Phi) is 2.12. The highest BCUT2D eigenvalue weighted by Crippen LogP contribution is 2.13. The van der Waals surface area contributed by atoms with Gasteiger partial charge in [0.05, 0.1) is 6.07 Å². The molecule has 0 aliphatic heterocycles. The van der Waals surface area contributed by atoms with Crippen LogP contribution in [-0.4, -0.2) is 15.1 Å². The molecular weight excluding hydrogens is 142 g/mol. The molecule has 0 spiro atoms. The summed E-state index contributed by atoms with van der Waals surface area (Å²) in [4.78, 5) is 6.64. The highest BCUT2D eigenvalue weighted by molar-refractivity contribution is 5.19. The lowest BCUT2D eigenvalue weighted by Crippen LogP contribution is -1.83. The minimum absolute atomic E-state index is 0.0813. The third kappa shape index (κ3) is 1.71. The Morgan fingerprint density at radius 1 is 1.73 bits per heavy atom. The first-order valence-electron chi connectivity index (χ1n) is 3.35. The summed E-state index contributed by atoms with van der Waals surface area (Å²) in [6, 6.07) is 1.99. The predicted octanol–water partition coefficient (Wildman–Crippen LogP) is 0.880. The van der Waals surface area contributed by atoms with Gasteiger partial charge in [0, 0.05) is 12.8 Å². The van der Waals surface area contributed by atoms with Gasteiger partial charge < -0.3 is 10.1 Å². The van der Waals surface area contributed by atoms with Crippen molar-refractivity contribution in [1.29, 1.82) is 5.26 Å². The van der Waals surface area contributed by atoms with E-state index in [1.807, 2.05) is 6.07 Å². The molecular formula is C7H9N3O. The Morgan fingerprint density at radius 2 is 2.45 bits per heavy atom. The van der Waals surface area contributed by atoms with E-state index in [1.54, 1.807) is 6.92 Å². The minimum Gasteiger partial charge on any atom is -0.493 e. The third-order valence-electron chi connectivity index (χ3n) is 1.35. The molecule has 0 saturated heterocycles. The molecule has 0 saturated carbocycles. The van der Waals surface area contributed by atoms with E-state index in [1.165, 1.54) is 0 Å². The van der Waals surface area contributed by atoms with Gasteiger partial charge in [-0.05, 0) is 6.92 Å². The number of aromatic amines is 1. The molecule has 11 heavy (non-hydrogen) atoms. The molecule has 0 aromatic carbocycles. The molecule has 0 amide bonds. The molecule has 4 nitrogen and oxygen atoms in total. The van der Waals surface area contributed by atoms with Crippen LogP contribution in [0.5, 0.6) is 5.88 Å². The van der Waals surface area contributed by atoms with Crippen LogP contribution in [0.25, 0.3) is 0 Å². The average Bonchev–Trinajstić information content (AvgIpc) is 2.26. The molecule has 0 aliphatic rings. The smallest absolute Gasteiger partial charge is 0.212 e. The Bertz CT molecular complexity index is 284. The van der Waals surface area contributed by atoms with Crippen molar-refractivity contribution in [1.82, 2.24) is 9.97 Å². The van der Waals surface area contributed by atoms with E-state index in [4.69, 9.17) is 10.4 Å². The lowest BCUT2D eigenvalue weighted by molar-refractivity contribution is 0.449. The van der Waals surface area contributed by atoms with Gasteiger partial charge in [-0.3, -0.25) is 0 Å². The Labute approximate surface area is 64.5 Å². The lowest BCUT2D eigenvalue weighted by atomic mass is 10.2. The third-order valence-corrected chi connectivity index (χ3v) is 1.35. The standard InChI is InChI=1S/C7H9N3O/c1-5-9-6(3-2-4-8)7(11)10-5/h11H,2-3H2,1H3,(H,9,10). The molecule has 0 unspecified atom stereocenters. The van der Waals surface area contributed by atoms with Crippen molar-refractivity contribution < 1.29 is 5.11 Å². The van der Waals surface area contributed by atoms with Crippen LogP contribution in [0.15, 0.2) is 0 Å². The molecule has 0 bridgehead atoms. The summed E-state index contributed by atoms with van der Waals surface area (Å²) in [7, 11) is 0. The summed E-state index contributed by atoms with van der Waals surface area (Å²) >= 11 is 0. The van der Waals surface area contributed by atoms with Crippen LogP contribution in [0.4, 0.5) is 0 Å². The summed E-state index contributed by atoms with van der Waals surface area (Å²) in [6.07, 6.45) is 0.893. The van der Waals surface area contributed by atoms with Crippen molar-refractivity contribution in [2.24, 2.45) is 0 Å². The van der Waals surface area contributed by atoms with Gasteiger partial charge in [-0.25, -0.2) is 4.98 Å². The van der Waals surface area contributed by atoms with Gasteiger partial charge in [0.1, 0.15) is 11.5 Å². The lowest BCUT2D eigenvalue weighted by Gasteiger charge is -1.88. The van der Waals surface area contributed by atoms with Gasteiger partial charge in [-0.1, -0.05) is 0 Å². The topological polar surface area (TPSA) is 72.7 Å². The highest BCUT2D eigenvalue weighted by atomic mass is 16.3. The van der Waals surface area contributed by atoms with Crippen LogP contribution in [0.1, 0.15) is 17.9 Å². The summed E-state index contributed by atoms with van der Waals surface area (Å²) in [5.74, 6) is 0.758. The molecule has 0 atom stereocenters. The van der Waals surface area contributed by atoms with Gasteiger partial charge in [0.15, 0.2) is 0 Å². The fourth-order valence-electron chi connectivity index (χ4n) is 0.875. The van der Waals surface area contributed by atoms with Crippen LogP contribution < -0.4 is 0 Å². The van der Waals surface area contributed by atoms with Crippen molar-refractivity contribution in [3.8, 4) is 11.9 Å². The second-order valence-corrected chi connectivity index (χ2v) is 2.28. The molecule has 2 N–H and O–H groups in total. The van der Waals surface area contributed by atoms with E-state index in [2.05, 4.69) is 9.97 Å². The maximum absolute atomic E-state index is 9.13. The van der Waals surface area contributed by atoms with Gasteiger partial charge >= 0.3 is 0 Å². The maximum atomic E-state index is 9.13. The van der Waals surface area contributed by atoms with E-state index >= 15 is 0 Å². The zero-order valence-electron chi connectivity index (χ0n) is 6.26. The summed E-state index contributed by atoms with van der Waals surface area (Å²) < 4.78 is 0. The number of nitrogens with zero attached hydrogens (tertiary/aromatic N) is 2. The molecule has 1 aromatic heterocycles. The molecule has 1 aromatic rings. The van der Waals surface area contributed by atoms with E-state index < -0.39 is 0 Å². The molecule has 4 heteroatoms. The first kappa shape index (κ1) is 7.61. The van der Waals surface area contributed by atoms with Crippen molar-refractivity contribution in [3.63, 3.8) is 0 Å². The monoisotopic (exact) mass is 151 g/mol. The van der Waals surface area contributed by atoms with E-state index in [9.17, 15) is 0 Å². The number of imidazole rings is 1. The van der Waals surface area contributed by atoms with Gasteiger partial charge in [0.2, 0.25) is 5.88 Å². The number of hydrogen-bond acceptors (Lipinski definition) is 3. The summed E-state index contributed by atoms with van der Waals surface area (Å²) in [6.45, 7) is 1.76. The number of nitrogens with one attached hydrogen (secondary N) is 1. The van der Waals surface area contributed by atoms with Crippen molar-refractivity contribution in [3.05, 3.63) is 11.5 Å². The van der Waals surface area contributed by atoms with Crippen molar-refractivity contribution in [2.75, 3.05) is 0 Å². The zero-order chi connectivity index (χ0) is 8.27. The molecule has 0 radical (unpaired) electrons. The SMILES string of the molecule is Cc1nc(CCC#N)c(O)[nH]1. The molecule has 0 aliphatic carbocycles. The Balaban J connectivity index is 2.71. The van der Waals surface area contributed by atoms with Gasteiger partial charge in [0.25, 0.3) is 0 Å². The Morgan fingerprint density at radius 3 is 2.91 bits per heavy atom. The summed E-state index contributed by atoms with van der Waals surface area (Å²) in [5.41, 5.74) is 0.573. The van der Waals surface area contributed by atoms with Gasteiger partial charge in [-0.2, -0.15) is 5.26 Å². The normalized spacial score (nSPS) is 9.45. The largest absolute Gasteiger partial charge is 0.493 e. The quantitative estimate of drug-likeness (QED) is 0.659. The van der Waals surface area contributed by atoms with E-state index in [0.717, 1.165) is 0 Å². The molecule has 1 heterocycles. The molecule has 58 valence electrons. The number of rotatable bonds is 2.